The summed E-state index contributed by atoms with van der Waals surface area (Å²) in [6.45, 7) is 6.53. The van der Waals surface area contributed by atoms with E-state index in [-0.39, 0.29) is 31.9 Å². The number of benzene rings is 6. The average molecular weight is 939 g/mol. The Hall–Kier alpha value is -6.46. The molecule has 10 aromatic rings. The number of hydrogen-bond donors (Lipinski definition) is 0. The molecule has 287 valence electrons. The van der Waals surface area contributed by atoms with Crippen LogP contribution in [0.15, 0.2) is 162 Å². The molecule has 0 amide bonds. The number of fused-ring (bicyclic) bond motifs is 4. The van der Waals surface area contributed by atoms with Crippen LogP contribution in [0.1, 0.15) is 76.2 Å². The quantitative estimate of drug-likeness (QED) is 0.165. The second kappa shape index (κ2) is 14.7. The van der Waals surface area contributed by atoms with Crippen molar-refractivity contribution in [2.75, 3.05) is 0 Å². The van der Waals surface area contributed by atoms with Crippen LogP contribution >= 0.6 is 0 Å². The molecule has 0 spiro atoms. The zero-order chi connectivity index (χ0) is 38.9. The van der Waals surface area contributed by atoms with E-state index in [9.17, 15) is 0 Å². The zero-order valence-corrected chi connectivity index (χ0v) is 35.2. The van der Waals surface area contributed by atoms with Gasteiger partial charge in [-0.1, -0.05) is 110 Å². The fourth-order valence-corrected chi connectivity index (χ4v) is 9.35. The number of aryl methyl sites for hydroxylation is 1. The van der Waals surface area contributed by atoms with Crippen molar-refractivity contribution < 1.29 is 24.5 Å². The first-order chi connectivity index (χ1) is 28.5. The van der Waals surface area contributed by atoms with Crippen molar-refractivity contribution in [3.63, 3.8) is 0 Å². The Kier molecular flexibility index (Phi) is 9.20. The van der Waals surface area contributed by atoms with Gasteiger partial charge in [0.2, 0.25) is 5.71 Å². The Bertz CT molecular complexity index is 3100. The van der Waals surface area contributed by atoms with Crippen LogP contribution < -0.4 is 0 Å². The Balaban J connectivity index is 0.000000279. The summed E-state index contributed by atoms with van der Waals surface area (Å²) in [5, 5.41) is 2.03. The maximum absolute atomic E-state index is 6.54. The summed E-state index contributed by atoms with van der Waals surface area (Å²) in [7, 11) is 0. The van der Waals surface area contributed by atoms with Crippen molar-refractivity contribution in [3.8, 4) is 28.3 Å². The second-order valence-corrected chi connectivity index (χ2v) is 15.5. The Morgan fingerprint density at radius 2 is 1.34 bits per heavy atom. The normalized spacial score (nSPS) is 14.7. The molecule has 59 heavy (non-hydrogen) atoms. The van der Waals surface area contributed by atoms with E-state index in [0.29, 0.717) is 11.6 Å². The van der Waals surface area contributed by atoms with Gasteiger partial charge in [0, 0.05) is 54.9 Å². The van der Waals surface area contributed by atoms with Crippen LogP contribution in [0.5, 0.6) is 0 Å². The second-order valence-electron chi connectivity index (χ2n) is 15.5. The number of furan rings is 1. The molecule has 6 heteroatoms. The summed E-state index contributed by atoms with van der Waals surface area (Å²) in [5.74, 6) is 1.45. The van der Waals surface area contributed by atoms with E-state index in [1.54, 1.807) is 6.20 Å². The van der Waals surface area contributed by atoms with Crippen LogP contribution in [0, 0.1) is 19.1 Å². The molecule has 0 fully saturated rings. The zero-order valence-electron chi connectivity index (χ0n) is 32.8. The minimum absolute atomic E-state index is 0. The first-order valence-electron chi connectivity index (χ1n) is 20.0. The SMILES string of the molecule is Cc1ccc2c(n1)oc1c(-c3nc4ccc5c(c4n3-c3ccccc3C(C)C)C3c4ccccc4C5c4ccccc43)[c-]ccc12.[Ir].[c-]1ccccc1-c1ccccn1. The smallest absolute Gasteiger partial charge is 0.216 e. The molecule has 3 aliphatic carbocycles. The van der Waals surface area contributed by atoms with Crippen molar-refractivity contribution in [1.29, 1.82) is 0 Å². The molecule has 2 bridgehead atoms. The van der Waals surface area contributed by atoms with Crippen LogP contribution in [0.2, 0.25) is 0 Å². The minimum Gasteiger partial charge on any atom is -0.486 e. The van der Waals surface area contributed by atoms with Gasteiger partial charge in [-0.15, -0.1) is 54.1 Å². The number of aromatic nitrogens is 4. The molecular weight excluding hydrogens is 901 g/mol. The van der Waals surface area contributed by atoms with Gasteiger partial charge in [-0.3, -0.25) is 4.98 Å². The molecule has 13 rings (SSSR count). The first kappa shape index (κ1) is 36.9. The summed E-state index contributed by atoms with van der Waals surface area (Å²) >= 11 is 0. The topological polar surface area (TPSA) is 56.7 Å². The van der Waals surface area contributed by atoms with Gasteiger partial charge in [-0.05, 0) is 87.8 Å². The van der Waals surface area contributed by atoms with Crippen molar-refractivity contribution in [3.05, 3.63) is 215 Å². The van der Waals surface area contributed by atoms with Crippen molar-refractivity contribution in [2.45, 2.75) is 38.5 Å². The van der Waals surface area contributed by atoms with Gasteiger partial charge in [0.1, 0.15) is 0 Å². The molecule has 5 nitrogen and oxygen atoms in total. The van der Waals surface area contributed by atoms with Crippen molar-refractivity contribution >= 4 is 33.1 Å². The molecule has 0 unspecified atom stereocenters. The van der Waals surface area contributed by atoms with Crippen LogP contribution in [-0.4, -0.2) is 19.5 Å². The molecule has 0 aliphatic heterocycles. The fourth-order valence-electron chi connectivity index (χ4n) is 9.35. The standard InChI is InChI=1S/C42H30N3O.C11H8N.Ir/c1-23(2)25-11-8-9-18-35(25)45-39-34(44-41(45)33-17-10-16-30-31-20-19-24(3)43-42(31)46-40(30)33)22-21-32-36-26-12-4-6-14-28(26)37(38(32)39)29-15-7-5-13-27(29)36;1-2-6-10(7-3-1)11-8-4-5-9-12-11;/h4-16,18-23,36-37H,1-3H3;1-6,8-9H;/q2*-1;. The predicted molar refractivity (Wildman–Crippen MR) is 233 cm³/mol. The summed E-state index contributed by atoms with van der Waals surface area (Å²) in [6, 6.07) is 59.9. The first-order valence-corrected chi connectivity index (χ1v) is 20.0. The fraction of sp³-hybridized carbons (Fsp3) is 0.113. The predicted octanol–water partition coefficient (Wildman–Crippen LogP) is 12.8. The number of nitrogens with zero attached hydrogens (tertiary/aromatic N) is 4. The largest absolute Gasteiger partial charge is 0.486 e. The molecule has 0 N–H and O–H groups in total. The van der Waals surface area contributed by atoms with E-state index in [4.69, 9.17) is 14.4 Å². The molecule has 4 heterocycles. The number of para-hydroxylation sites is 1. The monoisotopic (exact) mass is 939 g/mol. The summed E-state index contributed by atoms with van der Waals surface area (Å²) < 4.78 is 8.95. The number of pyridine rings is 2. The molecule has 4 aromatic heterocycles. The maximum atomic E-state index is 6.54. The third-order valence-corrected chi connectivity index (χ3v) is 11.8. The van der Waals surface area contributed by atoms with E-state index in [0.717, 1.165) is 61.4 Å². The Morgan fingerprint density at radius 1 is 0.627 bits per heavy atom. The van der Waals surface area contributed by atoms with Gasteiger partial charge < -0.3 is 14.0 Å². The average Bonchev–Trinajstić information content (AvgIpc) is 3.85. The number of imidazole rings is 1. The number of hydrogen-bond acceptors (Lipinski definition) is 4. The Labute approximate surface area is 356 Å². The van der Waals surface area contributed by atoms with Crippen LogP contribution in [0.4, 0.5) is 0 Å². The number of rotatable bonds is 4. The molecule has 3 aliphatic rings. The molecule has 1 radical (unpaired) electrons. The molecule has 0 atom stereocenters. The van der Waals surface area contributed by atoms with Crippen LogP contribution in [0.3, 0.4) is 0 Å². The van der Waals surface area contributed by atoms with E-state index in [1.807, 2.05) is 61.5 Å². The van der Waals surface area contributed by atoms with Gasteiger partial charge in [-0.25, -0.2) is 4.98 Å². The molecule has 0 saturated heterocycles. The van der Waals surface area contributed by atoms with Crippen LogP contribution in [-0.2, 0) is 20.1 Å². The van der Waals surface area contributed by atoms with E-state index < -0.39 is 0 Å². The maximum Gasteiger partial charge on any atom is 0.216 e. The van der Waals surface area contributed by atoms with E-state index in [1.165, 1.54) is 38.9 Å². The van der Waals surface area contributed by atoms with Crippen molar-refractivity contribution in [2.24, 2.45) is 0 Å². The van der Waals surface area contributed by atoms with Gasteiger partial charge in [-0.2, -0.15) is 0 Å². The third kappa shape index (κ3) is 5.89. The third-order valence-electron chi connectivity index (χ3n) is 11.8. The Morgan fingerprint density at radius 3 is 2.05 bits per heavy atom. The molecule has 0 saturated carbocycles. The van der Waals surface area contributed by atoms with Gasteiger partial charge in [0.25, 0.3) is 0 Å². The summed E-state index contributed by atoms with van der Waals surface area (Å²) in [6.07, 6.45) is 1.79. The van der Waals surface area contributed by atoms with Gasteiger partial charge in [0.15, 0.2) is 0 Å². The molecule has 6 aromatic carbocycles. The van der Waals surface area contributed by atoms with Crippen molar-refractivity contribution in [1.82, 2.24) is 19.5 Å². The van der Waals surface area contributed by atoms with E-state index in [2.05, 4.69) is 133 Å². The van der Waals surface area contributed by atoms with Gasteiger partial charge >= 0.3 is 0 Å². The summed E-state index contributed by atoms with van der Waals surface area (Å²) in [4.78, 5) is 14.4. The van der Waals surface area contributed by atoms with E-state index >= 15 is 0 Å². The minimum atomic E-state index is 0. The van der Waals surface area contributed by atoms with Gasteiger partial charge in [0.05, 0.1) is 22.4 Å². The molecular formula is C53H38IrN4O-2. The summed E-state index contributed by atoms with van der Waals surface area (Å²) in [5.41, 5.74) is 18.1. The van der Waals surface area contributed by atoms with Crippen LogP contribution in [0.25, 0.3) is 61.4 Å².